The first-order valence-electron chi connectivity index (χ1n) is 7.18. The highest BCUT2D eigenvalue weighted by Gasteiger charge is 2.15. The van der Waals surface area contributed by atoms with Gasteiger partial charge in [-0.1, -0.05) is 35.5 Å². The number of aryl methyl sites for hydroxylation is 2. The molecule has 0 aliphatic heterocycles. The number of rotatable bonds is 3. The highest BCUT2D eigenvalue weighted by atomic mass is 16.5. The first kappa shape index (κ1) is 14.8. The lowest BCUT2D eigenvalue weighted by molar-refractivity contribution is 0.101. The normalized spacial score (nSPS) is 10.5. The second kappa shape index (κ2) is 5.96. The summed E-state index contributed by atoms with van der Waals surface area (Å²) in [6, 6.07) is 14.2. The van der Waals surface area contributed by atoms with E-state index in [4.69, 9.17) is 4.52 Å². The van der Waals surface area contributed by atoms with Crippen LogP contribution in [0.3, 0.4) is 0 Å². The molecule has 0 aliphatic carbocycles. The summed E-state index contributed by atoms with van der Waals surface area (Å²) in [6.45, 7) is 3.72. The lowest BCUT2D eigenvalue weighted by Gasteiger charge is -2.05. The monoisotopic (exact) mass is 308 g/mol. The molecule has 3 aromatic rings. The Morgan fingerprint density at radius 2 is 1.87 bits per heavy atom. The van der Waals surface area contributed by atoms with Crippen LogP contribution in [-0.4, -0.2) is 16.2 Å². The second-order valence-electron chi connectivity index (χ2n) is 5.35. The van der Waals surface area contributed by atoms with Crippen molar-refractivity contribution in [1.82, 2.24) is 5.16 Å². The van der Waals surface area contributed by atoms with Crippen LogP contribution in [0.1, 0.15) is 21.6 Å². The molecule has 5 nitrogen and oxygen atoms in total. The molecule has 2 aromatic carbocycles. The van der Waals surface area contributed by atoms with Crippen LogP contribution >= 0.6 is 0 Å². The number of amides is 1. The zero-order chi connectivity index (χ0) is 16.4. The lowest BCUT2D eigenvalue weighted by Crippen LogP contribution is -2.12. The Morgan fingerprint density at radius 3 is 2.61 bits per heavy atom. The molecule has 0 saturated heterocycles. The van der Waals surface area contributed by atoms with Gasteiger partial charge in [0, 0.05) is 17.3 Å². The fourth-order valence-corrected chi connectivity index (χ4v) is 2.18. The molecule has 0 unspecified atom stereocenters. The van der Waals surface area contributed by atoms with Gasteiger partial charge >= 0.3 is 0 Å². The van der Waals surface area contributed by atoms with Crippen molar-refractivity contribution in [2.75, 3.05) is 5.32 Å². The molecule has 2 N–H and O–H groups in total. The zero-order valence-corrected chi connectivity index (χ0v) is 12.8. The summed E-state index contributed by atoms with van der Waals surface area (Å²) in [5.74, 6) is 0.255. The van der Waals surface area contributed by atoms with Crippen LogP contribution in [0.15, 0.2) is 53.1 Å². The number of hydrogen-bond donors (Lipinski definition) is 2. The SMILES string of the molecule is Cc1ccc(-c2cc(C(=O)Nc3ccccc3C)no2)cc1O. The number of anilines is 1. The quantitative estimate of drug-likeness (QED) is 0.769. The van der Waals surface area contributed by atoms with E-state index in [1.54, 1.807) is 31.2 Å². The van der Waals surface area contributed by atoms with Gasteiger partial charge in [0.25, 0.3) is 5.91 Å². The highest BCUT2D eigenvalue weighted by molar-refractivity contribution is 6.03. The largest absolute Gasteiger partial charge is 0.508 e. The number of phenolic OH excluding ortho intramolecular Hbond substituents is 1. The zero-order valence-electron chi connectivity index (χ0n) is 12.8. The minimum absolute atomic E-state index is 0.171. The van der Waals surface area contributed by atoms with Gasteiger partial charge in [0.2, 0.25) is 0 Å². The molecule has 0 atom stereocenters. The van der Waals surface area contributed by atoms with Gasteiger partial charge < -0.3 is 14.9 Å². The standard InChI is InChI=1S/C18H16N2O3/c1-11-5-3-4-6-14(11)19-18(22)15-10-17(23-20-15)13-8-7-12(2)16(21)9-13/h3-10,21H,1-2H3,(H,19,22). The topological polar surface area (TPSA) is 75.4 Å². The third-order valence-corrected chi connectivity index (χ3v) is 3.63. The number of aromatic nitrogens is 1. The van der Waals surface area contributed by atoms with Crippen molar-refractivity contribution in [2.24, 2.45) is 0 Å². The smallest absolute Gasteiger partial charge is 0.277 e. The van der Waals surface area contributed by atoms with Crippen molar-refractivity contribution in [3.8, 4) is 17.1 Å². The summed E-state index contributed by atoms with van der Waals surface area (Å²) in [5, 5.41) is 16.4. The highest BCUT2D eigenvalue weighted by Crippen LogP contribution is 2.26. The fourth-order valence-electron chi connectivity index (χ4n) is 2.18. The fraction of sp³-hybridized carbons (Fsp3) is 0.111. The molecule has 3 rings (SSSR count). The van der Waals surface area contributed by atoms with Crippen molar-refractivity contribution in [1.29, 1.82) is 0 Å². The molecular weight excluding hydrogens is 292 g/mol. The van der Waals surface area contributed by atoms with E-state index in [0.29, 0.717) is 11.3 Å². The molecule has 0 bridgehead atoms. The summed E-state index contributed by atoms with van der Waals surface area (Å²) in [4.78, 5) is 12.2. The van der Waals surface area contributed by atoms with E-state index in [2.05, 4.69) is 10.5 Å². The van der Waals surface area contributed by atoms with Crippen LogP contribution in [0.4, 0.5) is 5.69 Å². The molecule has 116 valence electrons. The van der Waals surface area contributed by atoms with E-state index in [1.807, 2.05) is 31.2 Å². The molecule has 0 fully saturated rings. The summed E-state index contributed by atoms with van der Waals surface area (Å²) in [6.07, 6.45) is 0. The molecule has 0 spiro atoms. The number of para-hydroxylation sites is 1. The Balaban J connectivity index is 1.82. The maximum absolute atomic E-state index is 12.2. The van der Waals surface area contributed by atoms with E-state index in [1.165, 1.54) is 0 Å². The van der Waals surface area contributed by atoms with Gasteiger partial charge in [-0.05, 0) is 37.1 Å². The molecule has 5 heteroatoms. The molecular formula is C18H16N2O3. The number of phenols is 1. The van der Waals surface area contributed by atoms with Crippen LogP contribution in [-0.2, 0) is 0 Å². The average Bonchev–Trinajstić information content (AvgIpc) is 3.02. The molecule has 0 aliphatic rings. The number of carbonyl (C=O) groups is 1. The third kappa shape index (κ3) is 3.08. The van der Waals surface area contributed by atoms with Gasteiger partial charge in [-0.15, -0.1) is 0 Å². The lowest BCUT2D eigenvalue weighted by atomic mass is 10.1. The van der Waals surface area contributed by atoms with Gasteiger partial charge in [0.15, 0.2) is 11.5 Å². The molecule has 1 aromatic heterocycles. The van der Waals surface area contributed by atoms with Crippen LogP contribution in [0, 0.1) is 13.8 Å². The summed E-state index contributed by atoms with van der Waals surface area (Å²) in [7, 11) is 0. The number of hydrogen-bond acceptors (Lipinski definition) is 4. The van der Waals surface area contributed by atoms with Crippen molar-refractivity contribution >= 4 is 11.6 Å². The third-order valence-electron chi connectivity index (χ3n) is 3.63. The predicted molar refractivity (Wildman–Crippen MR) is 87.5 cm³/mol. The van der Waals surface area contributed by atoms with Crippen molar-refractivity contribution in [3.63, 3.8) is 0 Å². The Bertz CT molecular complexity index is 868. The Kier molecular flexibility index (Phi) is 3.85. The van der Waals surface area contributed by atoms with E-state index < -0.39 is 0 Å². The van der Waals surface area contributed by atoms with E-state index in [0.717, 1.165) is 16.8 Å². The van der Waals surface area contributed by atoms with Gasteiger partial charge in [0.1, 0.15) is 5.75 Å². The number of nitrogens with zero attached hydrogens (tertiary/aromatic N) is 1. The van der Waals surface area contributed by atoms with Crippen LogP contribution < -0.4 is 5.32 Å². The molecule has 23 heavy (non-hydrogen) atoms. The molecule has 1 amide bonds. The van der Waals surface area contributed by atoms with E-state index >= 15 is 0 Å². The first-order valence-corrected chi connectivity index (χ1v) is 7.18. The van der Waals surface area contributed by atoms with Crippen LogP contribution in [0.25, 0.3) is 11.3 Å². The predicted octanol–water partition coefficient (Wildman–Crippen LogP) is 3.92. The number of carbonyl (C=O) groups excluding carboxylic acids is 1. The van der Waals surface area contributed by atoms with E-state index in [-0.39, 0.29) is 17.4 Å². The molecule has 1 heterocycles. The van der Waals surface area contributed by atoms with E-state index in [9.17, 15) is 9.90 Å². The van der Waals surface area contributed by atoms with Gasteiger partial charge in [-0.25, -0.2) is 0 Å². The van der Waals surface area contributed by atoms with Crippen molar-refractivity contribution in [3.05, 3.63) is 65.4 Å². The van der Waals surface area contributed by atoms with Crippen LogP contribution in [0.5, 0.6) is 5.75 Å². The Hall–Kier alpha value is -3.08. The minimum atomic E-state index is -0.342. The van der Waals surface area contributed by atoms with Crippen molar-refractivity contribution in [2.45, 2.75) is 13.8 Å². The summed E-state index contributed by atoms with van der Waals surface area (Å²) >= 11 is 0. The average molecular weight is 308 g/mol. The van der Waals surface area contributed by atoms with Gasteiger partial charge in [-0.3, -0.25) is 4.79 Å². The Labute approximate surface area is 133 Å². The van der Waals surface area contributed by atoms with Crippen LogP contribution in [0.2, 0.25) is 0 Å². The maximum atomic E-state index is 12.2. The number of nitrogens with one attached hydrogen (secondary N) is 1. The van der Waals surface area contributed by atoms with Crippen molar-refractivity contribution < 1.29 is 14.4 Å². The summed E-state index contributed by atoms with van der Waals surface area (Å²) in [5.41, 5.74) is 3.31. The molecule has 0 saturated carbocycles. The van der Waals surface area contributed by atoms with Gasteiger partial charge in [-0.2, -0.15) is 0 Å². The van der Waals surface area contributed by atoms with Gasteiger partial charge in [0.05, 0.1) is 0 Å². The number of benzene rings is 2. The maximum Gasteiger partial charge on any atom is 0.277 e. The number of aromatic hydroxyl groups is 1. The molecule has 0 radical (unpaired) electrons. The second-order valence-corrected chi connectivity index (χ2v) is 5.35. The first-order chi connectivity index (χ1) is 11.0. The Morgan fingerprint density at radius 1 is 1.09 bits per heavy atom. The summed E-state index contributed by atoms with van der Waals surface area (Å²) < 4.78 is 5.21. The minimum Gasteiger partial charge on any atom is -0.508 e.